The number of rotatable bonds is 31. The highest BCUT2D eigenvalue weighted by atomic mass is 19.4. The molecule has 586 valence electrons. The van der Waals surface area contributed by atoms with Crippen molar-refractivity contribution < 1.29 is 134 Å². The molecule has 0 spiro atoms. The lowest BCUT2D eigenvalue weighted by molar-refractivity contribution is -0.461. The summed E-state index contributed by atoms with van der Waals surface area (Å²) in [6, 6.07) is -4.40. The maximum Gasteiger partial charge on any atom is 0.456 e. The Balaban J connectivity index is 0.000000273. The van der Waals surface area contributed by atoms with Gasteiger partial charge in [-0.1, -0.05) is 60.1 Å². The second-order valence-corrected chi connectivity index (χ2v) is 31.6. The van der Waals surface area contributed by atoms with Crippen molar-refractivity contribution in [1.29, 1.82) is 0 Å². The van der Waals surface area contributed by atoms with Gasteiger partial charge in [0.15, 0.2) is 12.6 Å². The van der Waals surface area contributed by atoms with E-state index in [0.29, 0.717) is 58.0 Å². The van der Waals surface area contributed by atoms with Gasteiger partial charge in [0.05, 0.1) is 24.4 Å². The zero-order valence-electron chi connectivity index (χ0n) is 59.7. The van der Waals surface area contributed by atoms with Crippen LogP contribution in [0, 0.1) is 68.0 Å². The molecule has 0 aromatic heterocycles. The van der Waals surface area contributed by atoms with Gasteiger partial charge in [0, 0.05) is 49.7 Å². The van der Waals surface area contributed by atoms with Crippen molar-refractivity contribution >= 4 is 0 Å². The smallest absolute Gasteiger partial charge is 0.353 e. The number of allylic oxidation sites excluding steroid dienone is 1. The molecule has 0 aromatic rings. The molecule has 8 nitrogen and oxygen atoms in total. The van der Waals surface area contributed by atoms with Crippen LogP contribution in [0.25, 0.3) is 0 Å². The van der Waals surface area contributed by atoms with Crippen LogP contribution in [0.3, 0.4) is 0 Å². The van der Waals surface area contributed by atoms with Crippen molar-refractivity contribution in [2.24, 2.45) is 68.0 Å². The summed E-state index contributed by atoms with van der Waals surface area (Å²) in [6.45, 7) is 28.9. The molecule has 8 bridgehead atoms. The summed E-state index contributed by atoms with van der Waals surface area (Å²) >= 11 is 0. The number of hydrogen-bond donors (Lipinski definition) is 0. The van der Waals surface area contributed by atoms with Crippen molar-refractivity contribution in [1.82, 2.24) is 0 Å². The van der Waals surface area contributed by atoms with Crippen LogP contribution >= 0.6 is 0 Å². The average Bonchev–Trinajstić information content (AvgIpc) is 1.29. The van der Waals surface area contributed by atoms with E-state index in [1.165, 1.54) is 40.2 Å². The minimum Gasteiger partial charge on any atom is -0.353 e. The summed E-state index contributed by atoms with van der Waals surface area (Å²) in [5.41, 5.74) is -16.7. The monoisotopic (exact) mass is 1490 g/mol. The number of fused-ring (bicyclic) bond motifs is 8. The average molecular weight is 1490 g/mol. The SMILES string of the molecule is C=CC12CCC(C1)C(C(OC(C)OCC)(C(F)(F)C(F)(F)F)C(F)(F)C(F)(F)F)C2.C=CC12CCC(C1)CC2(C)OC(C)(F)OCCC.CCCOC(C)(F)OC1(C)CC2CCC1(C(C)(CC)CC(C)(C)C13CCC(C1)C(C(OC(C)OCC)(C(F)(F)C(F)(F)F)C(F)(F)C(F)(F)F)C3)C2. The van der Waals surface area contributed by atoms with Gasteiger partial charge in [0.2, 0.25) is 11.2 Å². The fraction of sp³-hybridized carbons (Fsp3) is 0.943. The second-order valence-electron chi connectivity index (χ2n) is 31.6. The molecule has 0 aromatic carbocycles. The molecule has 100 heavy (non-hydrogen) atoms. The van der Waals surface area contributed by atoms with Gasteiger partial charge in [0.25, 0.3) is 0 Å². The second kappa shape index (κ2) is 28.6. The van der Waals surface area contributed by atoms with E-state index in [9.17, 15) is 74.6 Å². The van der Waals surface area contributed by atoms with Gasteiger partial charge in [-0.05, 0) is 209 Å². The molecule has 8 fully saturated rings. The molecule has 0 N–H and O–H groups in total. The van der Waals surface area contributed by atoms with E-state index in [1.807, 2.05) is 47.6 Å². The highest BCUT2D eigenvalue weighted by Gasteiger charge is 2.91. The third-order valence-corrected chi connectivity index (χ3v) is 25.2. The Labute approximate surface area is 573 Å². The fourth-order valence-electron chi connectivity index (χ4n) is 20.7. The van der Waals surface area contributed by atoms with Gasteiger partial charge >= 0.3 is 60.5 Å². The fourth-order valence-corrected chi connectivity index (χ4v) is 20.7. The summed E-state index contributed by atoms with van der Waals surface area (Å²) in [5.74, 6) is -33.1. The van der Waals surface area contributed by atoms with E-state index >= 15 is 22.0 Å². The molecule has 0 heterocycles. The minimum absolute atomic E-state index is 0.0689. The molecule has 17 unspecified atom stereocenters. The van der Waals surface area contributed by atoms with Crippen LogP contribution in [0.1, 0.15) is 225 Å². The first kappa shape index (κ1) is 86.5. The molecule has 0 amide bonds. The largest absolute Gasteiger partial charge is 0.456 e. The molecule has 8 rings (SSSR count). The van der Waals surface area contributed by atoms with Crippen molar-refractivity contribution in [2.45, 2.75) is 321 Å². The van der Waals surface area contributed by atoms with Gasteiger partial charge in [-0.3, -0.25) is 0 Å². The van der Waals surface area contributed by atoms with Crippen LogP contribution in [-0.4, -0.2) is 122 Å². The lowest BCUT2D eigenvalue weighted by atomic mass is 9.48. The number of ether oxygens (including phenoxy) is 8. The molecule has 8 aliphatic carbocycles. The number of alkyl halides is 22. The van der Waals surface area contributed by atoms with Crippen molar-refractivity contribution in [3.63, 3.8) is 0 Å². The molecule has 8 aliphatic rings. The van der Waals surface area contributed by atoms with Crippen LogP contribution < -0.4 is 0 Å². The first-order chi connectivity index (χ1) is 45.2. The van der Waals surface area contributed by atoms with Crippen LogP contribution in [-0.2, 0) is 37.9 Å². The Hall–Kier alpha value is -2.38. The predicted molar refractivity (Wildman–Crippen MR) is 326 cm³/mol. The van der Waals surface area contributed by atoms with Gasteiger partial charge in [0.1, 0.15) is 0 Å². The maximum atomic E-state index is 15.9. The summed E-state index contributed by atoms with van der Waals surface area (Å²) in [5, 5.41) is 0. The van der Waals surface area contributed by atoms with Crippen LogP contribution in [0.15, 0.2) is 25.3 Å². The molecule has 0 aliphatic heterocycles. The minimum atomic E-state index is -6.82. The van der Waals surface area contributed by atoms with E-state index in [2.05, 4.69) is 22.6 Å². The zero-order valence-corrected chi connectivity index (χ0v) is 59.7. The molecule has 0 radical (unpaired) electrons. The topological polar surface area (TPSA) is 73.8 Å². The quantitative estimate of drug-likeness (QED) is 0.0386. The molecular weight excluding hydrogens is 1390 g/mol. The van der Waals surface area contributed by atoms with Crippen molar-refractivity contribution in [2.75, 3.05) is 26.4 Å². The molecule has 0 saturated heterocycles. The Morgan fingerprint density at radius 2 is 0.850 bits per heavy atom. The first-order valence-corrected chi connectivity index (χ1v) is 34.9. The highest BCUT2D eigenvalue weighted by molar-refractivity contribution is 5.25. The number of halogens is 22. The Kier molecular flexibility index (Phi) is 24.8. The van der Waals surface area contributed by atoms with Crippen LogP contribution in [0.4, 0.5) is 96.6 Å². The van der Waals surface area contributed by atoms with E-state index in [0.717, 1.165) is 39.0 Å². The Bertz CT molecular complexity index is 2720. The van der Waals surface area contributed by atoms with Gasteiger partial charge in [-0.2, -0.15) is 96.6 Å². The molecule has 8 saturated carbocycles. The van der Waals surface area contributed by atoms with Crippen LogP contribution in [0.5, 0.6) is 0 Å². The summed E-state index contributed by atoms with van der Waals surface area (Å²) in [6.07, 6.45) is -20.8. The highest BCUT2D eigenvalue weighted by Crippen LogP contribution is 2.78. The van der Waals surface area contributed by atoms with Gasteiger partial charge in [-0.25, -0.2) is 0 Å². The molecule has 30 heteroatoms. The standard InChI is InChI=1S/C37H57F11O4.C18H22F10O2.C15H25FO2/c1-10-17-50-30(9,38)52-29(8)18-24-13-16-32(29,19-24)28(7,11-2)22-27(5,6)31-15-14-25(20-31)26(21-31)33(51-23(4)49-12-3,34(39,40)36(43,44)45)35(41,42)37(46,47)48;1-4-13-7-6-11(8-13)12(9-13)14(30-10(3)29-5-2,15(19,20)17(23,24)25)16(21,22)18(26,27)28;1-5-9-17-14(4,16)18-13(3)10-12-7-8-15(13,6-2)11-12/h23-26H,10-22H2,1-9H3;4,10-12H,1,5-9H2,2-3H3;6,12H,2,5,7-11H2,1,3-4H3. The Morgan fingerprint density at radius 1 is 0.450 bits per heavy atom. The lowest BCUT2D eigenvalue weighted by Crippen LogP contribution is -2.75. The normalized spacial score (nSPS) is 34.3. The zero-order chi connectivity index (χ0) is 76.7. The van der Waals surface area contributed by atoms with Gasteiger partial charge < -0.3 is 37.9 Å². The summed E-state index contributed by atoms with van der Waals surface area (Å²) in [4.78, 5) is 0. The summed E-state index contributed by atoms with van der Waals surface area (Å²) in [7, 11) is 0. The van der Waals surface area contributed by atoms with Crippen LogP contribution in [0.2, 0.25) is 0 Å². The van der Waals surface area contributed by atoms with Gasteiger partial charge in [-0.15, -0.1) is 13.2 Å². The molecule has 17 atom stereocenters. The third-order valence-electron chi connectivity index (χ3n) is 25.2. The van der Waals surface area contributed by atoms with E-state index in [-0.39, 0.29) is 63.1 Å². The number of hydrogen-bond acceptors (Lipinski definition) is 8. The summed E-state index contributed by atoms with van der Waals surface area (Å²) < 4.78 is 360. The Morgan fingerprint density at radius 3 is 1.23 bits per heavy atom. The molecular formula is C70H104F22O8. The third kappa shape index (κ3) is 14.5. The predicted octanol–water partition coefficient (Wildman–Crippen LogP) is 22.9. The van der Waals surface area contributed by atoms with Crippen molar-refractivity contribution in [3.8, 4) is 0 Å². The first-order valence-electron chi connectivity index (χ1n) is 34.9. The van der Waals surface area contributed by atoms with E-state index in [4.69, 9.17) is 28.4 Å². The lowest BCUT2D eigenvalue weighted by Gasteiger charge is -2.59. The van der Waals surface area contributed by atoms with E-state index < -0.39 is 166 Å². The van der Waals surface area contributed by atoms with E-state index in [1.54, 1.807) is 13.8 Å². The van der Waals surface area contributed by atoms with Crippen molar-refractivity contribution in [3.05, 3.63) is 25.3 Å². The maximum absolute atomic E-state index is 15.9.